The van der Waals surface area contributed by atoms with E-state index < -0.39 is 0 Å². The molecule has 1 aliphatic rings. The maximum absolute atomic E-state index is 10.9. The minimum atomic E-state index is -0.142. The minimum Gasteiger partial charge on any atom is -0.469 e. The van der Waals surface area contributed by atoms with Crippen LogP contribution in [-0.4, -0.2) is 43.7 Å². The van der Waals surface area contributed by atoms with Crippen molar-refractivity contribution in [3.63, 3.8) is 0 Å². The van der Waals surface area contributed by atoms with Crippen molar-refractivity contribution in [3.8, 4) is 0 Å². The predicted octanol–water partition coefficient (Wildman–Crippen LogP) is 0.219. The molecule has 1 rings (SSSR count). The van der Waals surface area contributed by atoms with Crippen LogP contribution in [0.15, 0.2) is 0 Å². The van der Waals surface area contributed by atoms with Gasteiger partial charge in [-0.3, -0.25) is 4.79 Å². The molecule has 0 radical (unpaired) electrons. The van der Waals surface area contributed by atoms with Gasteiger partial charge in [0.15, 0.2) is 0 Å². The standard InChI is InChI=1S/C10H20N2O2/c1-8-5-9(11)7-12(6-8)4-3-10(13)14-2/h8-9H,3-7,11H2,1-2H3. The molecule has 1 aliphatic heterocycles. The molecule has 0 aromatic heterocycles. The van der Waals surface area contributed by atoms with Crippen LogP contribution in [0.1, 0.15) is 19.8 Å². The molecule has 0 aromatic rings. The molecule has 4 nitrogen and oxygen atoms in total. The monoisotopic (exact) mass is 200 g/mol. The molecule has 4 heteroatoms. The van der Waals surface area contributed by atoms with Crippen LogP contribution in [0.5, 0.6) is 0 Å². The van der Waals surface area contributed by atoms with Crippen molar-refractivity contribution in [2.24, 2.45) is 11.7 Å². The van der Waals surface area contributed by atoms with Crippen molar-refractivity contribution in [3.05, 3.63) is 0 Å². The Balaban J connectivity index is 2.26. The Labute approximate surface area is 85.4 Å². The Bertz CT molecular complexity index is 187. The molecule has 0 saturated carbocycles. The van der Waals surface area contributed by atoms with Crippen molar-refractivity contribution in [1.82, 2.24) is 4.90 Å². The number of likely N-dealkylation sites (tertiary alicyclic amines) is 1. The van der Waals surface area contributed by atoms with Gasteiger partial charge in [-0.1, -0.05) is 6.92 Å². The fourth-order valence-electron chi connectivity index (χ4n) is 2.05. The topological polar surface area (TPSA) is 55.6 Å². The van der Waals surface area contributed by atoms with Gasteiger partial charge in [0.05, 0.1) is 13.5 Å². The van der Waals surface area contributed by atoms with Crippen molar-refractivity contribution < 1.29 is 9.53 Å². The van der Waals surface area contributed by atoms with E-state index in [0.717, 1.165) is 26.1 Å². The minimum absolute atomic E-state index is 0.142. The summed E-state index contributed by atoms with van der Waals surface area (Å²) < 4.78 is 4.60. The fourth-order valence-corrected chi connectivity index (χ4v) is 2.05. The highest BCUT2D eigenvalue weighted by Gasteiger charge is 2.22. The second-order valence-corrected chi connectivity index (χ2v) is 4.19. The lowest BCUT2D eigenvalue weighted by Gasteiger charge is -2.34. The number of rotatable bonds is 3. The molecule has 1 fully saturated rings. The first kappa shape index (κ1) is 11.5. The van der Waals surface area contributed by atoms with Gasteiger partial charge >= 0.3 is 5.97 Å². The van der Waals surface area contributed by atoms with Crippen LogP contribution in [0.4, 0.5) is 0 Å². The summed E-state index contributed by atoms with van der Waals surface area (Å²) in [7, 11) is 1.42. The van der Waals surface area contributed by atoms with E-state index >= 15 is 0 Å². The molecule has 1 heterocycles. The lowest BCUT2D eigenvalue weighted by molar-refractivity contribution is -0.141. The van der Waals surface area contributed by atoms with Crippen molar-refractivity contribution >= 4 is 5.97 Å². The third kappa shape index (κ3) is 3.64. The molecule has 2 atom stereocenters. The van der Waals surface area contributed by atoms with Crippen molar-refractivity contribution in [2.45, 2.75) is 25.8 Å². The molecule has 2 unspecified atom stereocenters. The van der Waals surface area contributed by atoms with E-state index in [2.05, 4.69) is 16.6 Å². The van der Waals surface area contributed by atoms with E-state index in [1.807, 2.05) is 0 Å². The lowest BCUT2D eigenvalue weighted by Crippen LogP contribution is -2.46. The number of carbonyl (C=O) groups is 1. The normalized spacial score (nSPS) is 28.8. The number of nitrogens with zero attached hydrogens (tertiary/aromatic N) is 1. The van der Waals surface area contributed by atoms with Crippen molar-refractivity contribution in [1.29, 1.82) is 0 Å². The lowest BCUT2D eigenvalue weighted by atomic mass is 9.96. The van der Waals surface area contributed by atoms with Gasteiger partial charge in [0.1, 0.15) is 0 Å². The third-order valence-corrected chi connectivity index (χ3v) is 2.63. The molecule has 2 N–H and O–H groups in total. The predicted molar refractivity (Wildman–Crippen MR) is 54.8 cm³/mol. The average Bonchev–Trinajstić information content (AvgIpc) is 2.12. The summed E-state index contributed by atoms with van der Waals surface area (Å²) in [5, 5.41) is 0. The molecular formula is C10H20N2O2. The maximum atomic E-state index is 10.9. The molecule has 0 aliphatic carbocycles. The number of carbonyl (C=O) groups excluding carboxylic acids is 1. The average molecular weight is 200 g/mol. The van der Waals surface area contributed by atoms with E-state index in [4.69, 9.17) is 5.73 Å². The van der Waals surface area contributed by atoms with Crippen LogP contribution in [0.3, 0.4) is 0 Å². The number of nitrogens with two attached hydrogens (primary N) is 1. The van der Waals surface area contributed by atoms with Gasteiger partial charge in [0.25, 0.3) is 0 Å². The molecule has 0 amide bonds. The van der Waals surface area contributed by atoms with Crippen LogP contribution in [-0.2, 0) is 9.53 Å². The second-order valence-electron chi connectivity index (χ2n) is 4.19. The van der Waals surface area contributed by atoms with Gasteiger partial charge in [-0.2, -0.15) is 0 Å². The summed E-state index contributed by atoms with van der Waals surface area (Å²) in [5.41, 5.74) is 5.90. The van der Waals surface area contributed by atoms with Gasteiger partial charge in [-0.25, -0.2) is 0 Å². The number of hydrogen-bond donors (Lipinski definition) is 1. The Morgan fingerprint density at radius 1 is 1.57 bits per heavy atom. The number of esters is 1. The van der Waals surface area contributed by atoms with E-state index in [1.54, 1.807) is 0 Å². The zero-order valence-electron chi connectivity index (χ0n) is 9.03. The highest BCUT2D eigenvalue weighted by atomic mass is 16.5. The molecule has 1 saturated heterocycles. The van der Waals surface area contributed by atoms with Crippen LogP contribution in [0.25, 0.3) is 0 Å². The molecular weight excluding hydrogens is 180 g/mol. The fraction of sp³-hybridized carbons (Fsp3) is 0.900. The van der Waals surface area contributed by atoms with Gasteiger partial charge < -0.3 is 15.4 Å². The molecule has 0 aromatic carbocycles. The molecule has 14 heavy (non-hydrogen) atoms. The van der Waals surface area contributed by atoms with Crippen LogP contribution < -0.4 is 5.73 Å². The summed E-state index contributed by atoms with van der Waals surface area (Å²) in [4.78, 5) is 13.2. The number of ether oxygens (including phenoxy) is 1. The van der Waals surface area contributed by atoms with Crippen LogP contribution in [0.2, 0.25) is 0 Å². The first-order valence-corrected chi connectivity index (χ1v) is 5.16. The largest absolute Gasteiger partial charge is 0.469 e. The summed E-state index contributed by atoms with van der Waals surface area (Å²) in [6.07, 6.45) is 1.56. The smallest absolute Gasteiger partial charge is 0.306 e. The molecule has 0 spiro atoms. The second kappa shape index (κ2) is 5.32. The Morgan fingerprint density at radius 3 is 2.86 bits per heavy atom. The van der Waals surface area contributed by atoms with Gasteiger partial charge in [0.2, 0.25) is 0 Å². The third-order valence-electron chi connectivity index (χ3n) is 2.63. The highest BCUT2D eigenvalue weighted by Crippen LogP contribution is 2.14. The SMILES string of the molecule is COC(=O)CCN1CC(C)CC(N)C1. The summed E-state index contributed by atoms with van der Waals surface area (Å²) in [5.74, 6) is 0.494. The summed E-state index contributed by atoms with van der Waals surface area (Å²) in [6.45, 7) is 4.92. The highest BCUT2D eigenvalue weighted by molar-refractivity contribution is 5.69. The Hall–Kier alpha value is -0.610. The first-order chi connectivity index (χ1) is 6.61. The number of piperidine rings is 1. The molecule has 82 valence electrons. The zero-order valence-corrected chi connectivity index (χ0v) is 9.03. The van der Waals surface area contributed by atoms with E-state index in [-0.39, 0.29) is 12.0 Å². The molecule has 0 bridgehead atoms. The van der Waals surface area contributed by atoms with Gasteiger partial charge in [0, 0.05) is 25.7 Å². The summed E-state index contributed by atoms with van der Waals surface area (Å²) in [6, 6.07) is 0.261. The quantitative estimate of drug-likeness (QED) is 0.662. The van der Waals surface area contributed by atoms with Gasteiger partial charge in [-0.15, -0.1) is 0 Å². The Kier molecular flexibility index (Phi) is 4.35. The van der Waals surface area contributed by atoms with Crippen LogP contribution in [0, 0.1) is 5.92 Å². The van der Waals surface area contributed by atoms with E-state index in [1.165, 1.54) is 7.11 Å². The first-order valence-electron chi connectivity index (χ1n) is 5.16. The summed E-state index contributed by atoms with van der Waals surface area (Å²) >= 11 is 0. The van der Waals surface area contributed by atoms with E-state index in [0.29, 0.717) is 12.3 Å². The Morgan fingerprint density at radius 2 is 2.29 bits per heavy atom. The van der Waals surface area contributed by atoms with Gasteiger partial charge in [-0.05, 0) is 12.3 Å². The van der Waals surface area contributed by atoms with E-state index in [9.17, 15) is 4.79 Å². The van der Waals surface area contributed by atoms with Crippen molar-refractivity contribution in [2.75, 3.05) is 26.7 Å². The number of methoxy groups -OCH3 is 1. The maximum Gasteiger partial charge on any atom is 0.306 e. The zero-order chi connectivity index (χ0) is 10.6. The van der Waals surface area contributed by atoms with Crippen LogP contribution >= 0.6 is 0 Å². The number of hydrogen-bond acceptors (Lipinski definition) is 4.